The topological polar surface area (TPSA) is 89.1 Å². The molecule has 2 aromatic carbocycles. The van der Waals surface area contributed by atoms with Crippen molar-refractivity contribution in [3.63, 3.8) is 0 Å². The monoisotopic (exact) mass is 953 g/mol. The van der Waals surface area contributed by atoms with Crippen molar-refractivity contribution in [3.05, 3.63) is 77.4 Å². The van der Waals surface area contributed by atoms with E-state index in [0.717, 1.165) is 65.7 Å². The molecule has 6 nitrogen and oxygen atoms in total. The summed E-state index contributed by atoms with van der Waals surface area (Å²) in [7, 11) is 0. The summed E-state index contributed by atoms with van der Waals surface area (Å²) < 4.78 is 8.51. The van der Waals surface area contributed by atoms with Gasteiger partial charge in [-0.05, 0) is 65.5 Å². The quantitative estimate of drug-likeness (QED) is 0.0882. The molecule has 0 bridgehead atoms. The molecule has 0 amide bonds. The molecule has 1 N–H and O–H groups in total. The van der Waals surface area contributed by atoms with Gasteiger partial charge in [0.15, 0.2) is 11.4 Å². The first kappa shape index (κ1) is 45.3. The molecule has 0 atom stereocenters. The molecule has 303 valence electrons. The zero-order chi connectivity index (χ0) is 40.7. The normalized spacial score (nSPS) is 13.0. The summed E-state index contributed by atoms with van der Waals surface area (Å²) in [6, 6.07) is 16.5. The largest absolute Gasteiger partial charge is 0.512 e. The summed E-state index contributed by atoms with van der Waals surface area (Å²) in [6.45, 7) is 32.1. The second-order valence-corrected chi connectivity index (χ2v) is 20.0. The van der Waals surface area contributed by atoms with E-state index in [1.807, 2.05) is 13.0 Å². The predicted molar refractivity (Wildman–Crippen MR) is 233 cm³/mol. The summed E-state index contributed by atoms with van der Waals surface area (Å²) in [6.07, 6.45) is 4.14. The van der Waals surface area contributed by atoms with Crippen LogP contribution in [0.4, 0.5) is 0 Å². The average molecular weight is 953 g/mol. The number of hydrogen-bond acceptors (Lipinski definition) is 7. The van der Waals surface area contributed by atoms with Crippen LogP contribution in [0.5, 0.6) is 0 Å². The number of pyridine rings is 1. The minimum absolute atomic E-state index is 0. The first-order valence-corrected chi connectivity index (χ1v) is 20.8. The van der Waals surface area contributed by atoms with Gasteiger partial charge in [-0.1, -0.05) is 126 Å². The Bertz CT molecular complexity index is 2340. The van der Waals surface area contributed by atoms with Crippen molar-refractivity contribution < 1.29 is 34.4 Å². The number of allylic oxidation sites excluding steroid dienone is 2. The molecule has 4 aromatic heterocycles. The summed E-state index contributed by atoms with van der Waals surface area (Å²) >= 11 is 1.71. The number of aliphatic hydroxyl groups is 1. The van der Waals surface area contributed by atoms with Crippen LogP contribution in [0.2, 0.25) is 0 Å². The minimum Gasteiger partial charge on any atom is -0.512 e. The van der Waals surface area contributed by atoms with Gasteiger partial charge in [-0.25, -0.2) is 4.98 Å². The van der Waals surface area contributed by atoms with Crippen molar-refractivity contribution in [1.29, 1.82) is 0 Å². The van der Waals surface area contributed by atoms with Gasteiger partial charge in [0.25, 0.3) is 0 Å². The number of fused-ring (bicyclic) bond motifs is 6. The maximum atomic E-state index is 12.3. The SMILES string of the molecule is CC(C)C(C(=O)/C=C(\O)C(C(C)C)C(C)C)C(C)C.Cc1ccc2[c-]c(-c3ncnc4c3sc3c5cc(CC(C)(C)C)ccc5oc43)cc(C(C)(C)C)c2n1.[Ir]. The van der Waals surface area contributed by atoms with E-state index in [0.29, 0.717) is 23.7 Å². The Labute approximate surface area is 352 Å². The molecule has 0 fully saturated rings. The van der Waals surface area contributed by atoms with Gasteiger partial charge in [-0.2, -0.15) is 0 Å². The Morgan fingerprint density at radius 3 is 2.04 bits per heavy atom. The number of carbonyl (C=O) groups excluding carboxylic acids is 1. The maximum absolute atomic E-state index is 12.3. The van der Waals surface area contributed by atoms with Gasteiger partial charge in [0.2, 0.25) is 0 Å². The Hall–Kier alpha value is -3.45. The predicted octanol–water partition coefficient (Wildman–Crippen LogP) is 13.7. The van der Waals surface area contributed by atoms with Gasteiger partial charge in [0, 0.05) is 60.3 Å². The number of carbonyl (C=O) groups is 1. The van der Waals surface area contributed by atoms with Gasteiger partial charge in [-0.15, -0.1) is 29.5 Å². The molecule has 0 spiro atoms. The number of nitrogens with zero attached hydrogens (tertiary/aromatic N) is 3. The van der Waals surface area contributed by atoms with Crippen LogP contribution in [-0.2, 0) is 36.7 Å². The van der Waals surface area contributed by atoms with Gasteiger partial charge in [-0.3, -0.25) is 14.8 Å². The molecule has 0 saturated heterocycles. The number of rotatable bonds is 9. The standard InChI is InChI=1S/C31H30N3OS.C17H32O2.Ir/c1-17-8-10-19-13-20(14-22(24(19)34-17)31(5,6)7)25-29-26(33-16-32-25)27-28(36-29)21-12-18(15-30(2,3)4)9-11-23(21)35-27;1-10(2)16(11(3)4)14(18)9-15(19)17(12(5)6)13(7)8;/h8-12,14,16H,15H2,1-7H3;9-13,16-18H,1-8H3;/q-1;;/b;14-9-;. The first-order chi connectivity index (χ1) is 25.6. The Morgan fingerprint density at radius 1 is 0.839 bits per heavy atom. The molecule has 0 saturated carbocycles. The van der Waals surface area contributed by atoms with E-state index in [4.69, 9.17) is 14.4 Å². The molecule has 1 radical (unpaired) electrons. The fourth-order valence-corrected chi connectivity index (χ4v) is 9.41. The number of aliphatic hydroxyl groups excluding tert-OH is 1. The molecule has 6 rings (SSSR count). The molecule has 56 heavy (non-hydrogen) atoms. The molecule has 0 aliphatic carbocycles. The molecule has 4 heterocycles. The third-order valence-electron chi connectivity index (χ3n) is 10.4. The van der Waals surface area contributed by atoms with Crippen LogP contribution in [0.25, 0.3) is 53.6 Å². The third-order valence-corrected chi connectivity index (χ3v) is 11.6. The van der Waals surface area contributed by atoms with Gasteiger partial charge in [0.05, 0.1) is 15.2 Å². The Morgan fingerprint density at radius 2 is 1.46 bits per heavy atom. The van der Waals surface area contributed by atoms with E-state index >= 15 is 0 Å². The van der Waals surface area contributed by atoms with Crippen molar-refractivity contribution in [3.8, 4) is 11.3 Å². The van der Waals surface area contributed by atoms with Crippen molar-refractivity contribution in [1.82, 2.24) is 15.0 Å². The molecule has 0 unspecified atom stereocenters. The van der Waals surface area contributed by atoms with Crippen molar-refractivity contribution in [2.24, 2.45) is 40.9 Å². The number of aromatic nitrogens is 3. The summed E-state index contributed by atoms with van der Waals surface area (Å²) in [4.78, 5) is 26.6. The third kappa shape index (κ3) is 9.97. The van der Waals surface area contributed by atoms with Gasteiger partial charge in [0.1, 0.15) is 17.4 Å². The van der Waals surface area contributed by atoms with Gasteiger partial charge >= 0.3 is 0 Å². The fourth-order valence-electron chi connectivity index (χ4n) is 8.20. The van der Waals surface area contributed by atoms with Gasteiger partial charge < -0.3 is 9.52 Å². The van der Waals surface area contributed by atoms with Crippen molar-refractivity contribution in [2.45, 2.75) is 116 Å². The summed E-state index contributed by atoms with van der Waals surface area (Å²) in [5.74, 6) is 1.63. The number of hydrogen-bond donors (Lipinski definition) is 1. The van der Waals surface area contributed by atoms with Crippen molar-refractivity contribution >= 4 is 59.5 Å². The molecule has 0 aliphatic heterocycles. The summed E-state index contributed by atoms with van der Waals surface area (Å²) in [5.41, 5.74) is 9.15. The molecule has 8 heteroatoms. The number of benzene rings is 2. The van der Waals surface area contributed by atoms with E-state index in [9.17, 15) is 9.90 Å². The van der Waals surface area contributed by atoms with Crippen LogP contribution in [0, 0.1) is 53.9 Å². The van der Waals surface area contributed by atoms with Crippen LogP contribution in [-0.4, -0.2) is 25.8 Å². The van der Waals surface area contributed by atoms with Crippen LogP contribution in [0.3, 0.4) is 0 Å². The first-order valence-electron chi connectivity index (χ1n) is 19.9. The Balaban J connectivity index is 0.000000299. The summed E-state index contributed by atoms with van der Waals surface area (Å²) in [5, 5.41) is 12.4. The zero-order valence-corrected chi connectivity index (χ0v) is 39.3. The number of ketones is 1. The zero-order valence-electron chi connectivity index (χ0n) is 36.1. The number of thiophene rings is 1. The smallest absolute Gasteiger partial charge is 0.171 e. The minimum atomic E-state index is -0.0717. The van der Waals surface area contributed by atoms with E-state index < -0.39 is 0 Å². The van der Waals surface area contributed by atoms with E-state index in [2.05, 4.69) is 138 Å². The average Bonchev–Trinajstić information content (AvgIpc) is 3.59. The Kier molecular flexibility index (Phi) is 14.2. The van der Waals surface area contributed by atoms with E-state index in [1.54, 1.807) is 17.7 Å². The second kappa shape index (κ2) is 17.6. The van der Waals surface area contributed by atoms with E-state index in [1.165, 1.54) is 17.2 Å². The number of aryl methyl sites for hydroxylation is 1. The fraction of sp³-hybridized carbons (Fsp3) is 0.500. The molecular formula is C48H62IrN3O3S-. The molecule has 6 aromatic rings. The van der Waals surface area contributed by atoms with E-state index in [-0.39, 0.29) is 54.3 Å². The number of furan rings is 1. The van der Waals surface area contributed by atoms with Crippen LogP contribution in [0.1, 0.15) is 114 Å². The van der Waals surface area contributed by atoms with Crippen LogP contribution < -0.4 is 0 Å². The molecule has 0 aliphatic rings. The maximum Gasteiger partial charge on any atom is 0.171 e. The van der Waals surface area contributed by atoms with Crippen LogP contribution >= 0.6 is 11.3 Å². The molecular weight excluding hydrogens is 891 g/mol. The van der Waals surface area contributed by atoms with Crippen molar-refractivity contribution in [2.75, 3.05) is 0 Å². The van der Waals surface area contributed by atoms with Crippen LogP contribution in [0.15, 0.2) is 59.0 Å². The second-order valence-electron chi connectivity index (χ2n) is 19.0.